The third-order valence-electron chi connectivity index (χ3n) is 4.19. The molecule has 0 aromatic carbocycles. The van der Waals surface area contributed by atoms with Crippen LogP contribution in [-0.2, 0) is 6.61 Å². The molecule has 17 heavy (non-hydrogen) atoms. The average molecular weight is 236 g/mol. The van der Waals surface area contributed by atoms with E-state index in [0.717, 1.165) is 12.5 Å². The van der Waals surface area contributed by atoms with E-state index >= 15 is 0 Å². The standard InChI is InChI=1S/C13H20N2O2/c16-8-11-9-17-13(14-11)15-7-3-5-10-4-1-2-6-12(10)15/h9-10,12,16H,1-8H2/t10-,12-/m1/s1. The molecule has 3 rings (SSSR count). The predicted molar refractivity (Wildman–Crippen MR) is 64.8 cm³/mol. The van der Waals surface area contributed by atoms with Crippen LogP contribution in [0.25, 0.3) is 0 Å². The molecule has 2 heterocycles. The van der Waals surface area contributed by atoms with Crippen molar-refractivity contribution >= 4 is 6.01 Å². The number of piperidine rings is 1. The normalized spacial score (nSPS) is 29.1. The third-order valence-corrected chi connectivity index (χ3v) is 4.19. The molecule has 1 saturated carbocycles. The van der Waals surface area contributed by atoms with Crippen molar-refractivity contribution in [3.8, 4) is 0 Å². The summed E-state index contributed by atoms with van der Waals surface area (Å²) < 4.78 is 5.50. The Kier molecular flexibility index (Phi) is 3.05. The molecule has 2 atom stereocenters. The smallest absolute Gasteiger partial charge is 0.297 e. The Morgan fingerprint density at radius 3 is 2.94 bits per heavy atom. The number of nitrogens with zero attached hydrogens (tertiary/aromatic N) is 2. The number of hydrogen-bond acceptors (Lipinski definition) is 4. The molecule has 0 spiro atoms. The van der Waals surface area contributed by atoms with Crippen LogP contribution in [-0.4, -0.2) is 22.7 Å². The van der Waals surface area contributed by atoms with Crippen LogP contribution in [0.5, 0.6) is 0 Å². The Labute approximate surface area is 102 Å². The molecule has 4 nitrogen and oxygen atoms in total. The van der Waals surface area contributed by atoms with Crippen LogP contribution >= 0.6 is 0 Å². The summed E-state index contributed by atoms with van der Waals surface area (Å²) in [7, 11) is 0. The first-order valence-electron chi connectivity index (χ1n) is 6.70. The fourth-order valence-corrected chi connectivity index (χ4v) is 3.36. The number of rotatable bonds is 2. The summed E-state index contributed by atoms with van der Waals surface area (Å²) in [6.45, 7) is 1.01. The van der Waals surface area contributed by atoms with Gasteiger partial charge in [0, 0.05) is 12.6 Å². The number of aromatic nitrogens is 1. The maximum absolute atomic E-state index is 9.04. The number of oxazole rings is 1. The summed E-state index contributed by atoms with van der Waals surface area (Å²) >= 11 is 0. The van der Waals surface area contributed by atoms with E-state index in [0.29, 0.717) is 17.8 Å². The third kappa shape index (κ3) is 2.06. The molecule has 0 amide bonds. The minimum atomic E-state index is -0.0363. The Hall–Kier alpha value is -1.03. The first kappa shape index (κ1) is 11.1. The molecule has 1 aliphatic carbocycles. The van der Waals surface area contributed by atoms with Gasteiger partial charge in [0.05, 0.1) is 6.61 Å². The van der Waals surface area contributed by atoms with Gasteiger partial charge in [0.25, 0.3) is 6.01 Å². The van der Waals surface area contributed by atoms with E-state index in [4.69, 9.17) is 9.52 Å². The Morgan fingerprint density at radius 1 is 1.29 bits per heavy atom. The Morgan fingerprint density at radius 2 is 2.12 bits per heavy atom. The minimum Gasteiger partial charge on any atom is -0.432 e. The molecule has 94 valence electrons. The van der Waals surface area contributed by atoms with E-state index in [1.54, 1.807) is 6.26 Å². The molecular formula is C13H20N2O2. The second-order valence-electron chi connectivity index (χ2n) is 5.23. The highest BCUT2D eigenvalue weighted by atomic mass is 16.4. The van der Waals surface area contributed by atoms with Gasteiger partial charge in [-0.25, -0.2) is 0 Å². The number of fused-ring (bicyclic) bond motifs is 1. The predicted octanol–water partition coefficient (Wildman–Crippen LogP) is 2.33. The topological polar surface area (TPSA) is 49.5 Å². The quantitative estimate of drug-likeness (QED) is 0.856. The van der Waals surface area contributed by atoms with Crippen LogP contribution in [0, 0.1) is 5.92 Å². The Bertz CT molecular complexity index is 375. The van der Waals surface area contributed by atoms with Gasteiger partial charge < -0.3 is 14.4 Å². The van der Waals surface area contributed by atoms with Crippen molar-refractivity contribution in [3.63, 3.8) is 0 Å². The van der Waals surface area contributed by atoms with Crippen LogP contribution < -0.4 is 4.90 Å². The fraction of sp³-hybridized carbons (Fsp3) is 0.769. The van der Waals surface area contributed by atoms with Gasteiger partial charge >= 0.3 is 0 Å². The lowest BCUT2D eigenvalue weighted by Gasteiger charge is -2.43. The lowest BCUT2D eigenvalue weighted by Crippen LogP contribution is -2.47. The van der Waals surface area contributed by atoms with Crippen LogP contribution in [0.1, 0.15) is 44.2 Å². The van der Waals surface area contributed by atoms with Gasteiger partial charge in [0.1, 0.15) is 12.0 Å². The highest BCUT2D eigenvalue weighted by Gasteiger charge is 2.35. The summed E-state index contributed by atoms with van der Waals surface area (Å²) in [5.74, 6) is 0.821. The van der Waals surface area contributed by atoms with E-state index in [-0.39, 0.29) is 6.61 Å². The molecule has 1 N–H and O–H groups in total. The molecule has 1 aromatic heterocycles. The highest BCUT2D eigenvalue weighted by Crippen LogP contribution is 2.37. The van der Waals surface area contributed by atoms with E-state index in [2.05, 4.69) is 9.88 Å². The van der Waals surface area contributed by atoms with Crippen molar-refractivity contribution < 1.29 is 9.52 Å². The van der Waals surface area contributed by atoms with Gasteiger partial charge in [-0.3, -0.25) is 0 Å². The maximum atomic E-state index is 9.04. The molecule has 4 heteroatoms. The van der Waals surface area contributed by atoms with Crippen molar-refractivity contribution in [3.05, 3.63) is 12.0 Å². The molecule has 0 radical (unpaired) electrons. The Balaban J connectivity index is 1.80. The number of aliphatic hydroxyl groups excluding tert-OH is 1. The highest BCUT2D eigenvalue weighted by molar-refractivity contribution is 5.30. The van der Waals surface area contributed by atoms with E-state index in [1.807, 2.05) is 0 Å². The summed E-state index contributed by atoms with van der Waals surface area (Å²) in [6.07, 6.45) is 9.48. The summed E-state index contributed by atoms with van der Waals surface area (Å²) in [5, 5.41) is 9.04. The van der Waals surface area contributed by atoms with Gasteiger partial charge in [0.2, 0.25) is 0 Å². The van der Waals surface area contributed by atoms with Crippen molar-refractivity contribution in [1.29, 1.82) is 0 Å². The van der Waals surface area contributed by atoms with E-state index < -0.39 is 0 Å². The largest absolute Gasteiger partial charge is 0.432 e. The van der Waals surface area contributed by atoms with Crippen LogP contribution in [0.3, 0.4) is 0 Å². The van der Waals surface area contributed by atoms with Crippen molar-refractivity contribution in [1.82, 2.24) is 4.98 Å². The zero-order chi connectivity index (χ0) is 11.7. The van der Waals surface area contributed by atoms with Crippen LogP contribution in [0.4, 0.5) is 6.01 Å². The van der Waals surface area contributed by atoms with E-state index in [1.165, 1.54) is 38.5 Å². The lowest BCUT2D eigenvalue weighted by atomic mass is 9.78. The summed E-state index contributed by atoms with van der Waals surface area (Å²) in [4.78, 5) is 6.68. The molecular weight excluding hydrogens is 216 g/mol. The maximum Gasteiger partial charge on any atom is 0.297 e. The molecule has 1 aromatic rings. The van der Waals surface area contributed by atoms with Gasteiger partial charge in [-0.1, -0.05) is 12.8 Å². The second-order valence-corrected chi connectivity index (χ2v) is 5.23. The van der Waals surface area contributed by atoms with Gasteiger partial charge in [-0.05, 0) is 31.6 Å². The molecule has 0 unspecified atom stereocenters. The first-order valence-corrected chi connectivity index (χ1v) is 6.70. The van der Waals surface area contributed by atoms with Crippen molar-refractivity contribution in [2.24, 2.45) is 5.92 Å². The summed E-state index contributed by atoms with van der Waals surface area (Å²) in [6, 6.07) is 1.33. The second kappa shape index (κ2) is 4.69. The fourth-order valence-electron chi connectivity index (χ4n) is 3.36. The molecule has 1 saturated heterocycles. The van der Waals surface area contributed by atoms with Gasteiger partial charge in [-0.15, -0.1) is 0 Å². The van der Waals surface area contributed by atoms with Gasteiger partial charge in [-0.2, -0.15) is 4.98 Å². The summed E-state index contributed by atoms with van der Waals surface area (Å²) in [5.41, 5.74) is 0.637. The zero-order valence-corrected chi connectivity index (χ0v) is 10.1. The van der Waals surface area contributed by atoms with Crippen LogP contribution in [0.15, 0.2) is 10.7 Å². The SMILES string of the molecule is OCc1coc(N2CCC[C@H]3CCCC[C@H]32)n1. The number of hydrogen-bond donors (Lipinski definition) is 1. The van der Waals surface area contributed by atoms with E-state index in [9.17, 15) is 0 Å². The minimum absolute atomic E-state index is 0.0363. The average Bonchev–Trinajstić information content (AvgIpc) is 2.87. The zero-order valence-electron chi connectivity index (χ0n) is 10.1. The van der Waals surface area contributed by atoms with Crippen molar-refractivity contribution in [2.75, 3.05) is 11.4 Å². The molecule has 2 aliphatic rings. The monoisotopic (exact) mass is 236 g/mol. The van der Waals surface area contributed by atoms with Crippen molar-refractivity contribution in [2.45, 2.75) is 51.2 Å². The number of aliphatic hydroxyl groups is 1. The molecule has 1 aliphatic heterocycles. The van der Waals surface area contributed by atoms with Crippen LogP contribution in [0.2, 0.25) is 0 Å². The lowest BCUT2D eigenvalue weighted by molar-refractivity contribution is 0.235. The van der Waals surface area contributed by atoms with Gasteiger partial charge in [0.15, 0.2) is 0 Å². The number of anilines is 1. The first-order chi connectivity index (χ1) is 8.38. The molecule has 0 bridgehead atoms. The molecule has 2 fully saturated rings.